The molecule has 0 unspecified atom stereocenters. The molecule has 2 aromatic heterocycles. The molecule has 0 amide bonds. The lowest BCUT2D eigenvalue weighted by atomic mass is 10.3. The summed E-state index contributed by atoms with van der Waals surface area (Å²) in [7, 11) is 0. The average Bonchev–Trinajstić information content (AvgIpc) is 2.70. The van der Waals surface area contributed by atoms with Gasteiger partial charge in [-0.05, 0) is 28.1 Å². The number of rotatable bonds is 1. The van der Waals surface area contributed by atoms with Crippen LogP contribution in [0.15, 0.2) is 26.8 Å². The van der Waals surface area contributed by atoms with Crippen molar-refractivity contribution in [1.82, 2.24) is 0 Å². The number of nitriles is 2. The number of allylic oxidation sites excluding steroid dienone is 1. The van der Waals surface area contributed by atoms with Crippen LogP contribution in [0.1, 0.15) is 4.88 Å². The molecule has 0 fully saturated rings. The van der Waals surface area contributed by atoms with Gasteiger partial charge in [0, 0.05) is 10.9 Å². The summed E-state index contributed by atoms with van der Waals surface area (Å²) in [6.45, 7) is 0. The first kappa shape index (κ1) is 9.97. The van der Waals surface area contributed by atoms with E-state index < -0.39 is 0 Å². The predicted octanol–water partition coefficient (Wildman–Crippen LogP) is 3.69. The maximum atomic E-state index is 8.59. The molecule has 0 N–H and O–H groups in total. The third-order valence-corrected chi connectivity index (χ3v) is 3.12. The molecular weight excluding hydrogens is 276 g/mol. The molecule has 0 aromatic carbocycles. The molecule has 0 radical (unpaired) electrons. The third-order valence-electron chi connectivity index (χ3n) is 1.72. The van der Waals surface area contributed by atoms with E-state index in [1.54, 1.807) is 12.1 Å². The standard InChI is InChI=1S/C10H3BrN2OS/c11-10-3-9-8(14-10)2-7(15-9)1-6(4-12)5-13/h1-3H. The lowest BCUT2D eigenvalue weighted by molar-refractivity contribution is 0.588. The van der Waals surface area contributed by atoms with Gasteiger partial charge in [-0.15, -0.1) is 11.3 Å². The van der Waals surface area contributed by atoms with Crippen molar-refractivity contribution >= 4 is 43.6 Å². The molecule has 3 nitrogen and oxygen atoms in total. The summed E-state index contributed by atoms with van der Waals surface area (Å²) < 4.78 is 7.00. The van der Waals surface area contributed by atoms with Gasteiger partial charge in [-0.25, -0.2) is 0 Å². The summed E-state index contributed by atoms with van der Waals surface area (Å²) in [4.78, 5) is 0.842. The van der Waals surface area contributed by atoms with Gasteiger partial charge in [-0.3, -0.25) is 0 Å². The van der Waals surface area contributed by atoms with Gasteiger partial charge in [-0.2, -0.15) is 10.5 Å². The molecule has 0 atom stereocenters. The summed E-state index contributed by atoms with van der Waals surface area (Å²) in [6, 6.07) is 7.29. The van der Waals surface area contributed by atoms with Crippen molar-refractivity contribution in [3.05, 3.63) is 27.3 Å². The molecule has 0 aliphatic rings. The van der Waals surface area contributed by atoms with Gasteiger partial charge in [0.05, 0.1) is 4.70 Å². The van der Waals surface area contributed by atoms with Crippen molar-refractivity contribution < 1.29 is 4.42 Å². The summed E-state index contributed by atoms with van der Waals surface area (Å²) in [6.07, 6.45) is 1.55. The molecule has 2 aromatic rings. The van der Waals surface area contributed by atoms with E-state index in [1.807, 2.05) is 18.2 Å². The summed E-state index contributed by atoms with van der Waals surface area (Å²) in [5.74, 6) is 0. The highest BCUT2D eigenvalue weighted by molar-refractivity contribution is 9.10. The Bertz CT molecular complexity index is 576. The van der Waals surface area contributed by atoms with E-state index >= 15 is 0 Å². The first-order chi connectivity index (χ1) is 7.22. The quantitative estimate of drug-likeness (QED) is 0.748. The van der Waals surface area contributed by atoms with Gasteiger partial charge in [0.25, 0.3) is 0 Å². The largest absolute Gasteiger partial charge is 0.448 e. The zero-order valence-corrected chi connectivity index (χ0v) is 9.72. The Morgan fingerprint density at radius 2 is 2.13 bits per heavy atom. The van der Waals surface area contributed by atoms with Gasteiger partial charge in [0.2, 0.25) is 0 Å². The normalized spacial score (nSPS) is 9.53. The molecule has 0 bridgehead atoms. The molecule has 0 saturated heterocycles. The van der Waals surface area contributed by atoms with Crippen molar-refractivity contribution in [3.8, 4) is 12.1 Å². The molecule has 2 heterocycles. The van der Waals surface area contributed by atoms with Crippen molar-refractivity contribution in [2.75, 3.05) is 0 Å². The van der Waals surface area contributed by atoms with Crippen LogP contribution in [-0.2, 0) is 0 Å². The lowest BCUT2D eigenvalue weighted by Gasteiger charge is -1.81. The zero-order chi connectivity index (χ0) is 10.8. The zero-order valence-electron chi connectivity index (χ0n) is 7.32. The van der Waals surface area contributed by atoms with Crippen molar-refractivity contribution in [2.24, 2.45) is 0 Å². The first-order valence-corrected chi connectivity index (χ1v) is 5.54. The highest BCUT2D eigenvalue weighted by Gasteiger charge is 2.06. The maximum Gasteiger partial charge on any atom is 0.171 e. The number of hydrogen-bond acceptors (Lipinski definition) is 4. The van der Waals surface area contributed by atoms with Gasteiger partial charge in [0.1, 0.15) is 23.3 Å². The van der Waals surface area contributed by atoms with Crippen LogP contribution in [0.3, 0.4) is 0 Å². The topological polar surface area (TPSA) is 60.7 Å². The highest BCUT2D eigenvalue weighted by atomic mass is 79.9. The molecule has 2 rings (SSSR count). The van der Waals surface area contributed by atoms with Gasteiger partial charge < -0.3 is 4.42 Å². The number of fused-ring (bicyclic) bond motifs is 1. The van der Waals surface area contributed by atoms with Crippen LogP contribution in [0.5, 0.6) is 0 Å². The number of halogens is 1. The molecular formula is C10H3BrN2OS. The first-order valence-electron chi connectivity index (χ1n) is 3.93. The van der Waals surface area contributed by atoms with Crippen LogP contribution < -0.4 is 0 Å². The molecule has 5 heteroatoms. The van der Waals surface area contributed by atoms with Crippen molar-refractivity contribution in [1.29, 1.82) is 10.5 Å². The monoisotopic (exact) mass is 278 g/mol. The van der Waals surface area contributed by atoms with Crippen molar-refractivity contribution in [2.45, 2.75) is 0 Å². The number of nitrogens with zero attached hydrogens (tertiary/aromatic N) is 2. The van der Waals surface area contributed by atoms with Crippen LogP contribution in [-0.4, -0.2) is 0 Å². The van der Waals surface area contributed by atoms with E-state index in [1.165, 1.54) is 11.3 Å². The Balaban J connectivity index is 2.48. The fourth-order valence-electron chi connectivity index (χ4n) is 1.13. The smallest absolute Gasteiger partial charge is 0.171 e. The fourth-order valence-corrected chi connectivity index (χ4v) is 2.65. The Hall–Kier alpha value is -1.56. The van der Waals surface area contributed by atoms with Gasteiger partial charge in [-0.1, -0.05) is 0 Å². The second kappa shape index (κ2) is 3.90. The number of thiophene rings is 1. The molecule has 0 aliphatic carbocycles. The lowest BCUT2D eigenvalue weighted by Crippen LogP contribution is -1.69. The molecule has 72 valence electrons. The van der Waals surface area contributed by atoms with Crippen LogP contribution in [0.4, 0.5) is 0 Å². The molecule has 15 heavy (non-hydrogen) atoms. The van der Waals surface area contributed by atoms with E-state index in [9.17, 15) is 0 Å². The Labute approximate surface area is 98.0 Å². The predicted molar refractivity (Wildman–Crippen MR) is 61.0 cm³/mol. The Kier molecular flexibility index (Phi) is 2.59. The third kappa shape index (κ3) is 1.94. The average molecular weight is 279 g/mol. The maximum absolute atomic E-state index is 8.59. The summed E-state index contributed by atoms with van der Waals surface area (Å²) >= 11 is 4.70. The molecule has 0 saturated carbocycles. The number of hydrogen-bond donors (Lipinski definition) is 0. The second-order valence-corrected chi connectivity index (χ2v) is 4.61. The highest BCUT2D eigenvalue weighted by Crippen LogP contribution is 2.32. The van der Waals surface area contributed by atoms with Crippen LogP contribution >= 0.6 is 27.3 Å². The Morgan fingerprint density at radius 1 is 1.40 bits per heavy atom. The minimum absolute atomic E-state index is 0.0953. The molecule has 0 aliphatic heterocycles. The van der Waals surface area contributed by atoms with Crippen LogP contribution in [0.25, 0.3) is 16.4 Å². The second-order valence-electron chi connectivity index (χ2n) is 2.71. The minimum Gasteiger partial charge on any atom is -0.448 e. The van der Waals surface area contributed by atoms with E-state index in [-0.39, 0.29) is 5.57 Å². The van der Waals surface area contributed by atoms with Crippen molar-refractivity contribution in [3.63, 3.8) is 0 Å². The van der Waals surface area contributed by atoms with E-state index in [0.29, 0.717) is 4.67 Å². The summed E-state index contributed by atoms with van der Waals surface area (Å²) in [5, 5.41) is 17.2. The van der Waals surface area contributed by atoms with Gasteiger partial charge in [0.15, 0.2) is 4.67 Å². The van der Waals surface area contributed by atoms with Gasteiger partial charge >= 0.3 is 0 Å². The Morgan fingerprint density at radius 3 is 2.73 bits per heavy atom. The van der Waals surface area contributed by atoms with E-state index in [2.05, 4.69) is 15.9 Å². The SMILES string of the molecule is N#CC(C#N)=Cc1cc2oc(Br)cc2s1. The minimum atomic E-state index is 0.0953. The van der Waals surface area contributed by atoms with Crippen LogP contribution in [0, 0.1) is 22.7 Å². The summed E-state index contributed by atoms with van der Waals surface area (Å²) in [5.41, 5.74) is 0.853. The van der Waals surface area contributed by atoms with E-state index in [0.717, 1.165) is 15.2 Å². The van der Waals surface area contributed by atoms with Crippen LogP contribution in [0.2, 0.25) is 0 Å². The number of furan rings is 1. The fraction of sp³-hybridized carbons (Fsp3) is 0. The van der Waals surface area contributed by atoms with E-state index in [4.69, 9.17) is 14.9 Å². The molecule has 0 spiro atoms.